The second-order valence-corrected chi connectivity index (χ2v) is 5.96. The van der Waals surface area contributed by atoms with E-state index in [1.54, 1.807) is 24.3 Å². The van der Waals surface area contributed by atoms with Gasteiger partial charge in [-0.15, -0.1) is 0 Å². The number of nitrogens with one attached hydrogen (secondary N) is 1. The van der Waals surface area contributed by atoms with Crippen molar-refractivity contribution in [2.24, 2.45) is 0 Å². The first-order valence-corrected chi connectivity index (χ1v) is 7.71. The Morgan fingerprint density at radius 2 is 1.96 bits per heavy atom. The molecule has 0 aliphatic carbocycles. The number of rotatable bonds is 4. The smallest absolute Gasteiger partial charge is 0.329 e. The predicted octanol–water partition coefficient (Wildman–Crippen LogP) is 3.30. The van der Waals surface area contributed by atoms with Crippen LogP contribution in [-0.4, -0.2) is 21.4 Å². The van der Waals surface area contributed by atoms with Crippen LogP contribution in [0.5, 0.6) is 0 Å². The lowest BCUT2D eigenvalue weighted by molar-refractivity contribution is -0.123. The van der Waals surface area contributed by atoms with Gasteiger partial charge in [-0.05, 0) is 37.6 Å². The normalized spacial score (nSPS) is 16.3. The maximum atomic E-state index is 13.7. The summed E-state index contributed by atoms with van der Waals surface area (Å²) in [5, 5.41) is 2.55. The molecule has 2 aromatic rings. The molecule has 0 spiro atoms. The van der Waals surface area contributed by atoms with Crippen LogP contribution >= 0.6 is 0 Å². The van der Waals surface area contributed by atoms with E-state index in [-0.39, 0.29) is 12.2 Å². The zero-order chi connectivity index (χ0) is 17.3. The van der Waals surface area contributed by atoms with Crippen LogP contribution in [-0.2, 0) is 11.3 Å². The summed E-state index contributed by atoms with van der Waals surface area (Å²) in [5.41, 5.74) is 1.31. The molecule has 5 nitrogen and oxygen atoms in total. The predicted molar refractivity (Wildman–Crippen MR) is 88.3 cm³/mol. The highest BCUT2D eigenvalue weighted by Gasteiger charge is 2.33. The van der Waals surface area contributed by atoms with Crippen molar-refractivity contribution in [2.45, 2.75) is 26.4 Å². The summed E-state index contributed by atoms with van der Waals surface area (Å²) in [4.78, 5) is 25.5. The Balaban J connectivity index is 1.80. The van der Waals surface area contributed by atoms with Gasteiger partial charge in [-0.3, -0.25) is 9.69 Å². The average molecular weight is 327 g/mol. The molecule has 24 heavy (non-hydrogen) atoms. The number of carbonyl (C=O) groups excluding carboxylic acids is 2. The molecular weight excluding hydrogens is 309 g/mol. The van der Waals surface area contributed by atoms with Crippen molar-refractivity contribution in [3.05, 3.63) is 65.4 Å². The topological polar surface area (TPSA) is 54.3 Å². The van der Waals surface area contributed by atoms with E-state index >= 15 is 0 Å². The number of imide groups is 1. The fraction of sp³-hybridized carbons (Fsp3) is 0.222. The molecule has 1 aliphatic heterocycles. The minimum atomic E-state index is -0.544. The van der Waals surface area contributed by atoms with E-state index in [0.29, 0.717) is 11.6 Å². The molecule has 6 heteroatoms. The molecule has 0 radical (unpaired) electrons. The van der Waals surface area contributed by atoms with Gasteiger partial charge in [-0.1, -0.05) is 18.2 Å². The molecule has 1 saturated heterocycles. The summed E-state index contributed by atoms with van der Waals surface area (Å²) in [7, 11) is 0. The second kappa shape index (κ2) is 6.31. The van der Waals surface area contributed by atoms with Crippen molar-refractivity contribution in [3.8, 4) is 0 Å². The molecule has 1 fully saturated rings. The number of nitrogens with zero attached hydrogens (tertiary/aromatic N) is 2. The fourth-order valence-corrected chi connectivity index (χ4v) is 2.52. The van der Waals surface area contributed by atoms with Crippen molar-refractivity contribution in [1.29, 1.82) is 0 Å². The van der Waals surface area contributed by atoms with Gasteiger partial charge in [0.1, 0.15) is 11.5 Å². The van der Waals surface area contributed by atoms with Crippen molar-refractivity contribution in [2.75, 3.05) is 0 Å². The molecular formula is C18H18FN3O2. The Labute approximate surface area is 139 Å². The Morgan fingerprint density at radius 3 is 2.62 bits per heavy atom. The third kappa shape index (κ3) is 3.08. The van der Waals surface area contributed by atoms with Gasteiger partial charge in [0, 0.05) is 24.0 Å². The molecule has 2 heterocycles. The SMILES string of the molecule is CC(C)n1ccc(/C=C2/NC(=O)N(Cc3ccccc3F)C2=O)c1. The summed E-state index contributed by atoms with van der Waals surface area (Å²) in [6.45, 7) is 4.01. The molecule has 0 bridgehead atoms. The summed E-state index contributed by atoms with van der Waals surface area (Å²) in [6, 6.07) is 7.73. The number of benzene rings is 1. The highest BCUT2D eigenvalue weighted by molar-refractivity contribution is 6.13. The number of aromatic nitrogens is 1. The van der Waals surface area contributed by atoms with E-state index in [9.17, 15) is 14.0 Å². The van der Waals surface area contributed by atoms with Gasteiger partial charge in [-0.2, -0.15) is 0 Å². The molecule has 124 valence electrons. The van der Waals surface area contributed by atoms with Crippen LogP contribution < -0.4 is 5.32 Å². The van der Waals surface area contributed by atoms with Gasteiger partial charge in [0.15, 0.2) is 0 Å². The minimum absolute atomic E-state index is 0.0955. The summed E-state index contributed by atoms with van der Waals surface area (Å²) in [5.74, 6) is -0.898. The molecule has 1 aromatic carbocycles. The Hall–Kier alpha value is -2.89. The van der Waals surface area contributed by atoms with Crippen LogP contribution in [0, 0.1) is 5.82 Å². The summed E-state index contributed by atoms with van der Waals surface area (Å²) >= 11 is 0. The van der Waals surface area contributed by atoms with E-state index in [0.717, 1.165) is 10.5 Å². The number of urea groups is 1. The Morgan fingerprint density at radius 1 is 1.21 bits per heavy atom. The Bertz CT molecular complexity index is 823. The third-order valence-corrected chi connectivity index (χ3v) is 3.89. The fourth-order valence-electron chi connectivity index (χ4n) is 2.52. The monoisotopic (exact) mass is 327 g/mol. The zero-order valence-corrected chi connectivity index (χ0v) is 13.5. The average Bonchev–Trinajstić information content (AvgIpc) is 3.10. The highest BCUT2D eigenvalue weighted by Crippen LogP contribution is 2.19. The van der Waals surface area contributed by atoms with Crippen LogP contribution in [0.15, 0.2) is 48.4 Å². The van der Waals surface area contributed by atoms with E-state index in [2.05, 4.69) is 19.2 Å². The number of halogens is 1. The molecule has 3 amide bonds. The number of amides is 3. The highest BCUT2D eigenvalue weighted by atomic mass is 19.1. The maximum absolute atomic E-state index is 13.7. The van der Waals surface area contributed by atoms with Gasteiger partial charge < -0.3 is 9.88 Å². The lowest BCUT2D eigenvalue weighted by Crippen LogP contribution is -2.30. The summed E-state index contributed by atoms with van der Waals surface area (Å²) in [6.07, 6.45) is 5.44. The molecule has 0 atom stereocenters. The lowest BCUT2D eigenvalue weighted by Gasteiger charge is -2.12. The van der Waals surface area contributed by atoms with E-state index in [1.807, 2.05) is 23.0 Å². The summed E-state index contributed by atoms with van der Waals surface area (Å²) < 4.78 is 15.7. The lowest BCUT2D eigenvalue weighted by atomic mass is 10.2. The molecule has 3 rings (SSSR count). The Kier molecular flexibility index (Phi) is 4.20. The third-order valence-electron chi connectivity index (χ3n) is 3.89. The van der Waals surface area contributed by atoms with Crippen LogP contribution in [0.4, 0.5) is 9.18 Å². The van der Waals surface area contributed by atoms with Crippen LogP contribution in [0.3, 0.4) is 0 Å². The van der Waals surface area contributed by atoms with Crippen LogP contribution in [0.25, 0.3) is 6.08 Å². The van der Waals surface area contributed by atoms with Gasteiger partial charge in [0.05, 0.1) is 6.54 Å². The van der Waals surface area contributed by atoms with Crippen LogP contribution in [0.2, 0.25) is 0 Å². The zero-order valence-electron chi connectivity index (χ0n) is 13.5. The molecule has 0 unspecified atom stereocenters. The second-order valence-electron chi connectivity index (χ2n) is 5.96. The van der Waals surface area contributed by atoms with Crippen molar-refractivity contribution in [1.82, 2.24) is 14.8 Å². The van der Waals surface area contributed by atoms with Gasteiger partial charge >= 0.3 is 6.03 Å². The van der Waals surface area contributed by atoms with Gasteiger partial charge in [0.25, 0.3) is 5.91 Å². The molecule has 1 N–H and O–H groups in total. The van der Waals surface area contributed by atoms with E-state index in [4.69, 9.17) is 0 Å². The quantitative estimate of drug-likeness (QED) is 0.692. The number of hydrogen-bond donors (Lipinski definition) is 1. The first-order chi connectivity index (χ1) is 11.5. The van der Waals surface area contributed by atoms with Gasteiger partial charge in [0.2, 0.25) is 0 Å². The number of hydrogen-bond acceptors (Lipinski definition) is 2. The largest absolute Gasteiger partial charge is 0.351 e. The molecule has 1 aliphatic rings. The number of carbonyl (C=O) groups is 2. The van der Waals surface area contributed by atoms with E-state index < -0.39 is 17.8 Å². The molecule has 0 saturated carbocycles. The minimum Gasteiger partial charge on any atom is -0.351 e. The van der Waals surface area contributed by atoms with Crippen molar-refractivity contribution < 1.29 is 14.0 Å². The first kappa shape index (κ1) is 16.0. The standard InChI is InChI=1S/C18H18FN3O2/c1-12(2)21-8-7-13(10-21)9-16-17(23)22(18(24)20-16)11-14-5-3-4-6-15(14)19/h3-10,12H,11H2,1-2H3,(H,20,24)/b16-9+. The van der Waals surface area contributed by atoms with Crippen molar-refractivity contribution in [3.63, 3.8) is 0 Å². The van der Waals surface area contributed by atoms with E-state index in [1.165, 1.54) is 6.07 Å². The van der Waals surface area contributed by atoms with Crippen LogP contribution in [0.1, 0.15) is 31.0 Å². The maximum Gasteiger partial charge on any atom is 0.329 e. The molecule has 1 aromatic heterocycles. The van der Waals surface area contributed by atoms with Crippen molar-refractivity contribution >= 4 is 18.0 Å². The van der Waals surface area contributed by atoms with Gasteiger partial charge in [-0.25, -0.2) is 9.18 Å². The first-order valence-electron chi connectivity index (χ1n) is 7.71.